The number of aryl methyl sites for hydroxylation is 2. The zero-order valence-electron chi connectivity index (χ0n) is 14.4. The molecule has 0 atom stereocenters. The van der Waals surface area contributed by atoms with Gasteiger partial charge in [0.15, 0.2) is 12.4 Å². The van der Waals surface area contributed by atoms with Gasteiger partial charge in [-0.3, -0.25) is 14.9 Å². The number of nitro benzene ring substituents is 1. The molecule has 0 saturated carbocycles. The van der Waals surface area contributed by atoms with Crippen LogP contribution in [0.25, 0.3) is 0 Å². The standard InChI is InChI=1S/C17H18N2O6/c1-9(2)16-15(11(4)18-25-16)17(21)24-8-14(20)12-6-5-10(3)13(7-12)19(22)23/h5-7,9H,8H2,1-4H3. The van der Waals surface area contributed by atoms with Gasteiger partial charge in [-0.1, -0.05) is 31.1 Å². The molecule has 8 heteroatoms. The fraction of sp³-hybridized carbons (Fsp3) is 0.353. The molecule has 0 unspecified atom stereocenters. The number of carbonyl (C=O) groups is 2. The molecule has 0 N–H and O–H groups in total. The molecule has 0 amide bonds. The lowest BCUT2D eigenvalue weighted by atomic mass is 10.1. The Hall–Kier alpha value is -3.03. The van der Waals surface area contributed by atoms with Crippen LogP contribution in [0.5, 0.6) is 0 Å². The van der Waals surface area contributed by atoms with Crippen LogP contribution in [0.4, 0.5) is 5.69 Å². The van der Waals surface area contributed by atoms with Gasteiger partial charge in [0, 0.05) is 23.1 Å². The third kappa shape index (κ3) is 3.90. The van der Waals surface area contributed by atoms with Gasteiger partial charge in [0.05, 0.1) is 10.6 Å². The number of nitrogens with zero attached hydrogens (tertiary/aromatic N) is 2. The summed E-state index contributed by atoms with van der Waals surface area (Å²) in [4.78, 5) is 34.8. The molecule has 1 aromatic heterocycles. The molecule has 0 spiro atoms. The first-order chi connectivity index (χ1) is 11.7. The number of rotatable bonds is 6. The van der Waals surface area contributed by atoms with E-state index in [1.54, 1.807) is 13.8 Å². The van der Waals surface area contributed by atoms with E-state index in [0.717, 1.165) is 0 Å². The molecule has 132 valence electrons. The van der Waals surface area contributed by atoms with Gasteiger partial charge in [-0.05, 0) is 13.8 Å². The average Bonchev–Trinajstić information content (AvgIpc) is 2.94. The fourth-order valence-electron chi connectivity index (χ4n) is 2.30. The maximum atomic E-state index is 12.2. The SMILES string of the molecule is Cc1ccc(C(=O)COC(=O)c2c(C)noc2C(C)C)cc1[N+](=O)[O-]. The van der Waals surface area contributed by atoms with Gasteiger partial charge in [-0.25, -0.2) is 4.79 Å². The van der Waals surface area contributed by atoms with Crippen LogP contribution >= 0.6 is 0 Å². The Morgan fingerprint density at radius 3 is 2.60 bits per heavy atom. The number of Topliss-reactive ketones (excluding diaryl/α,β-unsaturated/α-hetero) is 1. The van der Waals surface area contributed by atoms with E-state index in [4.69, 9.17) is 9.26 Å². The van der Waals surface area contributed by atoms with Crippen molar-refractivity contribution in [2.24, 2.45) is 0 Å². The highest BCUT2D eigenvalue weighted by Gasteiger charge is 2.25. The smallest absolute Gasteiger partial charge is 0.344 e. The summed E-state index contributed by atoms with van der Waals surface area (Å²) in [5.74, 6) is -0.922. The van der Waals surface area contributed by atoms with E-state index in [1.165, 1.54) is 18.2 Å². The minimum absolute atomic E-state index is 0.0702. The molecule has 0 aliphatic rings. The van der Waals surface area contributed by atoms with Crippen molar-refractivity contribution in [2.45, 2.75) is 33.6 Å². The number of carbonyl (C=O) groups excluding carboxylic acids is 2. The third-order valence-electron chi connectivity index (χ3n) is 3.68. The summed E-state index contributed by atoms with van der Waals surface area (Å²) in [5, 5.41) is 14.7. The van der Waals surface area contributed by atoms with Crippen molar-refractivity contribution in [3.63, 3.8) is 0 Å². The van der Waals surface area contributed by atoms with Gasteiger partial charge in [0.1, 0.15) is 5.56 Å². The molecule has 0 fully saturated rings. The minimum atomic E-state index is -0.711. The number of hydrogen-bond acceptors (Lipinski definition) is 7. The van der Waals surface area contributed by atoms with Crippen molar-refractivity contribution in [1.29, 1.82) is 0 Å². The van der Waals surface area contributed by atoms with Crippen LogP contribution in [0.15, 0.2) is 22.7 Å². The van der Waals surface area contributed by atoms with Crippen LogP contribution in [-0.4, -0.2) is 28.4 Å². The number of esters is 1. The van der Waals surface area contributed by atoms with Crippen LogP contribution < -0.4 is 0 Å². The molecule has 25 heavy (non-hydrogen) atoms. The zero-order chi connectivity index (χ0) is 18.7. The first-order valence-electron chi connectivity index (χ1n) is 7.64. The molecule has 1 heterocycles. The lowest BCUT2D eigenvalue weighted by Gasteiger charge is -2.07. The summed E-state index contributed by atoms with van der Waals surface area (Å²) >= 11 is 0. The third-order valence-corrected chi connectivity index (χ3v) is 3.68. The van der Waals surface area contributed by atoms with E-state index in [9.17, 15) is 19.7 Å². The van der Waals surface area contributed by atoms with Crippen LogP contribution in [0.2, 0.25) is 0 Å². The summed E-state index contributed by atoms with van der Waals surface area (Å²) in [6.45, 7) is 6.34. The topological polar surface area (TPSA) is 113 Å². The summed E-state index contributed by atoms with van der Waals surface area (Å²) in [7, 11) is 0. The van der Waals surface area contributed by atoms with Gasteiger partial charge in [-0.2, -0.15) is 0 Å². The number of ether oxygens (including phenoxy) is 1. The van der Waals surface area contributed by atoms with Gasteiger partial charge in [0.25, 0.3) is 5.69 Å². The Morgan fingerprint density at radius 2 is 2.00 bits per heavy atom. The minimum Gasteiger partial charge on any atom is -0.454 e. The Kier molecular flexibility index (Phi) is 5.31. The van der Waals surface area contributed by atoms with Gasteiger partial charge >= 0.3 is 5.97 Å². The van der Waals surface area contributed by atoms with Crippen LogP contribution in [0.3, 0.4) is 0 Å². The van der Waals surface area contributed by atoms with Crippen LogP contribution in [0, 0.1) is 24.0 Å². The quantitative estimate of drug-likeness (QED) is 0.341. The fourth-order valence-corrected chi connectivity index (χ4v) is 2.30. The van der Waals surface area contributed by atoms with E-state index in [0.29, 0.717) is 17.0 Å². The summed E-state index contributed by atoms with van der Waals surface area (Å²) in [6.07, 6.45) is 0. The number of ketones is 1. The van der Waals surface area contributed by atoms with Crippen molar-refractivity contribution in [2.75, 3.05) is 6.61 Å². The molecule has 0 aliphatic heterocycles. The lowest BCUT2D eigenvalue weighted by Crippen LogP contribution is -2.16. The van der Waals surface area contributed by atoms with Crippen LogP contribution in [0.1, 0.15) is 57.5 Å². The Bertz CT molecular complexity index is 838. The highest BCUT2D eigenvalue weighted by molar-refractivity contribution is 6.00. The van der Waals surface area contributed by atoms with E-state index in [2.05, 4.69) is 5.16 Å². The average molecular weight is 346 g/mol. The van der Waals surface area contributed by atoms with Crippen molar-refractivity contribution < 1.29 is 23.8 Å². The predicted molar refractivity (Wildman–Crippen MR) is 87.8 cm³/mol. The Balaban J connectivity index is 2.13. The molecule has 0 bridgehead atoms. The molecule has 8 nitrogen and oxygen atoms in total. The summed E-state index contributed by atoms with van der Waals surface area (Å²) < 4.78 is 10.2. The second-order valence-electron chi connectivity index (χ2n) is 5.92. The molecule has 1 aromatic carbocycles. The van der Waals surface area contributed by atoms with Crippen molar-refractivity contribution >= 4 is 17.4 Å². The Morgan fingerprint density at radius 1 is 1.32 bits per heavy atom. The van der Waals surface area contributed by atoms with E-state index >= 15 is 0 Å². The van der Waals surface area contributed by atoms with Gasteiger partial charge in [-0.15, -0.1) is 0 Å². The lowest BCUT2D eigenvalue weighted by molar-refractivity contribution is -0.385. The predicted octanol–water partition coefficient (Wildman–Crippen LogP) is 3.36. The largest absolute Gasteiger partial charge is 0.454 e. The Labute approximate surface area is 143 Å². The molecule has 2 rings (SSSR count). The molecular formula is C17H18N2O6. The van der Waals surface area contributed by atoms with E-state index in [1.807, 2.05) is 13.8 Å². The monoisotopic (exact) mass is 346 g/mol. The number of nitro groups is 1. The van der Waals surface area contributed by atoms with Crippen molar-refractivity contribution in [3.05, 3.63) is 56.5 Å². The van der Waals surface area contributed by atoms with Gasteiger partial charge in [0.2, 0.25) is 5.78 Å². The molecule has 0 radical (unpaired) electrons. The number of benzene rings is 1. The maximum absolute atomic E-state index is 12.2. The van der Waals surface area contributed by atoms with Crippen molar-refractivity contribution in [1.82, 2.24) is 5.16 Å². The van der Waals surface area contributed by atoms with Gasteiger partial charge < -0.3 is 9.26 Å². The van der Waals surface area contributed by atoms with E-state index < -0.39 is 23.3 Å². The van der Waals surface area contributed by atoms with Crippen molar-refractivity contribution in [3.8, 4) is 0 Å². The normalized spacial score (nSPS) is 10.8. The highest BCUT2D eigenvalue weighted by atomic mass is 16.6. The second kappa shape index (κ2) is 7.25. The van der Waals surface area contributed by atoms with E-state index in [-0.39, 0.29) is 22.7 Å². The molecule has 0 saturated heterocycles. The highest BCUT2D eigenvalue weighted by Crippen LogP contribution is 2.23. The zero-order valence-corrected chi connectivity index (χ0v) is 14.4. The summed E-state index contributed by atoms with van der Waals surface area (Å²) in [6, 6.07) is 4.12. The second-order valence-corrected chi connectivity index (χ2v) is 5.92. The number of aromatic nitrogens is 1. The number of hydrogen-bond donors (Lipinski definition) is 0. The molecular weight excluding hydrogens is 328 g/mol. The first-order valence-corrected chi connectivity index (χ1v) is 7.64. The first kappa shape index (κ1) is 18.3. The van der Waals surface area contributed by atoms with Crippen LogP contribution in [-0.2, 0) is 4.74 Å². The molecule has 0 aliphatic carbocycles. The molecule has 2 aromatic rings. The maximum Gasteiger partial charge on any atom is 0.344 e. The summed E-state index contributed by atoms with van der Waals surface area (Å²) in [5.41, 5.74) is 0.982.